The SMILES string of the molecule is COc1ccc(NC(=O)[C@@H]2CCCN(c3nn4c(=O)cc(C)nc4s3)C2)cc1Cl. The molecule has 0 radical (unpaired) electrons. The van der Waals surface area contributed by atoms with Gasteiger partial charge < -0.3 is 15.0 Å². The highest BCUT2D eigenvalue weighted by molar-refractivity contribution is 7.20. The molecule has 1 aliphatic rings. The largest absolute Gasteiger partial charge is 0.495 e. The highest BCUT2D eigenvalue weighted by Crippen LogP contribution is 2.29. The monoisotopic (exact) mass is 433 g/mol. The second-order valence-electron chi connectivity index (χ2n) is 6.94. The van der Waals surface area contributed by atoms with Crippen LogP contribution < -0.4 is 20.5 Å². The van der Waals surface area contributed by atoms with E-state index in [0.717, 1.165) is 19.4 Å². The van der Waals surface area contributed by atoms with Crippen LogP contribution in [-0.2, 0) is 4.79 Å². The molecule has 8 nitrogen and oxygen atoms in total. The Bertz CT molecular complexity index is 1130. The lowest BCUT2D eigenvalue weighted by molar-refractivity contribution is -0.120. The number of hydrogen-bond donors (Lipinski definition) is 1. The summed E-state index contributed by atoms with van der Waals surface area (Å²) in [7, 11) is 1.54. The highest BCUT2D eigenvalue weighted by Gasteiger charge is 2.28. The van der Waals surface area contributed by atoms with Crippen molar-refractivity contribution in [3.8, 4) is 5.75 Å². The summed E-state index contributed by atoms with van der Waals surface area (Å²) in [4.78, 5) is 31.9. The van der Waals surface area contributed by atoms with E-state index in [4.69, 9.17) is 16.3 Å². The third kappa shape index (κ3) is 4.06. The van der Waals surface area contributed by atoms with Crippen LogP contribution in [0.1, 0.15) is 18.5 Å². The Hall–Kier alpha value is -2.65. The van der Waals surface area contributed by atoms with Crippen molar-refractivity contribution in [2.75, 3.05) is 30.4 Å². The van der Waals surface area contributed by atoms with Crippen molar-refractivity contribution >= 4 is 44.6 Å². The van der Waals surface area contributed by atoms with Crippen molar-refractivity contribution in [1.29, 1.82) is 0 Å². The zero-order chi connectivity index (χ0) is 20.5. The van der Waals surface area contributed by atoms with Crippen molar-refractivity contribution in [2.45, 2.75) is 19.8 Å². The second kappa shape index (κ2) is 8.00. The van der Waals surface area contributed by atoms with Gasteiger partial charge in [0, 0.05) is 30.5 Å². The molecule has 1 N–H and O–H groups in total. The number of aromatic nitrogens is 3. The van der Waals surface area contributed by atoms with E-state index >= 15 is 0 Å². The Morgan fingerprint density at radius 2 is 2.21 bits per heavy atom. The van der Waals surface area contributed by atoms with E-state index in [1.807, 2.05) is 4.90 Å². The molecule has 1 aliphatic heterocycles. The molecular weight excluding hydrogens is 414 g/mol. The quantitative estimate of drug-likeness (QED) is 0.680. The minimum Gasteiger partial charge on any atom is -0.495 e. The number of methoxy groups -OCH3 is 1. The highest BCUT2D eigenvalue weighted by atomic mass is 35.5. The van der Waals surface area contributed by atoms with Gasteiger partial charge in [-0.2, -0.15) is 4.52 Å². The predicted molar refractivity (Wildman–Crippen MR) is 113 cm³/mol. The molecule has 1 amide bonds. The Morgan fingerprint density at radius 3 is 2.97 bits per heavy atom. The molecule has 0 spiro atoms. The van der Waals surface area contributed by atoms with Crippen LogP contribution in [0.25, 0.3) is 4.96 Å². The van der Waals surface area contributed by atoms with Gasteiger partial charge in [-0.15, -0.1) is 5.10 Å². The number of anilines is 2. The smallest absolute Gasteiger partial charge is 0.275 e. The number of amides is 1. The molecule has 10 heteroatoms. The van der Waals surface area contributed by atoms with Crippen LogP contribution in [0.4, 0.5) is 10.8 Å². The number of halogens is 1. The standard InChI is InChI=1S/C19H20ClN5O3S/c1-11-8-16(26)25-18(21-11)29-19(23-25)24-7-3-4-12(10-24)17(27)22-13-5-6-15(28-2)14(20)9-13/h5-6,8-9,12H,3-4,7,10H2,1-2H3,(H,22,27)/t12-/m1/s1. The van der Waals surface area contributed by atoms with Crippen molar-refractivity contribution in [3.63, 3.8) is 0 Å². The Labute approximate surface area is 176 Å². The summed E-state index contributed by atoms with van der Waals surface area (Å²) >= 11 is 7.50. The fourth-order valence-electron chi connectivity index (χ4n) is 3.39. The fourth-order valence-corrected chi connectivity index (χ4v) is 4.64. The van der Waals surface area contributed by atoms with Gasteiger partial charge in [0.15, 0.2) is 0 Å². The summed E-state index contributed by atoms with van der Waals surface area (Å²) in [5.74, 6) is 0.301. The minimum atomic E-state index is -0.197. The zero-order valence-electron chi connectivity index (χ0n) is 16.0. The first-order valence-electron chi connectivity index (χ1n) is 9.21. The summed E-state index contributed by atoms with van der Waals surface area (Å²) in [6, 6.07) is 6.62. The number of rotatable bonds is 4. The Balaban J connectivity index is 1.49. The van der Waals surface area contributed by atoms with Crippen LogP contribution in [0.15, 0.2) is 29.1 Å². The van der Waals surface area contributed by atoms with Gasteiger partial charge >= 0.3 is 0 Å². The Morgan fingerprint density at radius 1 is 1.38 bits per heavy atom. The van der Waals surface area contributed by atoms with Crippen LogP contribution >= 0.6 is 22.9 Å². The number of ether oxygens (including phenoxy) is 1. The number of carbonyl (C=O) groups is 1. The van der Waals surface area contributed by atoms with Gasteiger partial charge in [0.1, 0.15) is 5.75 Å². The first-order valence-corrected chi connectivity index (χ1v) is 10.4. The molecule has 1 atom stereocenters. The van der Waals surface area contributed by atoms with Gasteiger partial charge in [-0.05, 0) is 38.0 Å². The van der Waals surface area contributed by atoms with Crippen molar-refractivity contribution in [3.05, 3.63) is 45.3 Å². The molecular formula is C19H20ClN5O3S. The van der Waals surface area contributed by atoms with Crippen LogP contribution in [-0.4, -0.2) is 40.7 Å². The number of nitrogens with one attached hydrogen (secondary N) is 1. The van der Waals surface area contributed by atoms with Crippen LogP contribution in [0.5, 0.6) is 5.75 Å². The van der Waals surface area contributed by atoms with E-state index in [1.54, 1.807) is 32.2 Å². The third-order valence-corrected chi connectivity index (χ3v) is 6.11. The molecule has 0 unspecified atom stereocenters. The fraction of sp³-hybridized carbons (Fsp3) is 0.368. The number of fused-ring (bicyclic) bond motifs is 1. The molecule has 1 aromatic carbocycles. The molecule has 0 bridgehead atoms. The summed E-state index contributed by atoms with van der Waals surface area (Å²) in [5.41, 5.74) is 1.10. The molecule has 0 aliphatic carbocycles. The average molecular weight is 434 g/mol. The lowest BCUT2D eigenvalue weighted by Crippen LogP contribution is -2.40. The van der Waals surface area contributed by atoms with Crippen molar-refractivity contribution in [1.82, 2.24) is 14.6 Å². The summed E-state index contributed by atoms with van der Waals surface area (Å²) in [6.45, 7) is 3.10. The van der Waals surface area contributed by atoms with E-state index in [9.17, 15) is 9.59 Å². The normalized spacial score (nSPS) is 16.8. The van der Waals surface area contributed by atoms with E-state index in [0.29, 0.717) is 38.8 Å². The van der Waals surface area contributed by atoms with Gasteiger partial charge in [-0.1, -0.05) is 22.9 Å². The molecule has 1 fully saturated rings. The molecule has 2 aromatic heterocycles. The minimum absolute atomic E-state index is 0.0665. The Kier molecular flexibility index (Phi) is 5.42. The van der Waals surface area contributed by atoms with Crippen LogP contribution in [0.3, 0.4) is 0 Å². The number of nitrogens with zero attached hydrogens (tertiary/aromatic N) is 4. The van der Waals surface area contributed by atoms with Crippen LogP contribution in [0, 0.1) is 12.8 Å². The maximum absolute atomic E-state index is 12.8. The van der Waals surface area contributed by atoms with Gasteiger partial charge in [0.2, 0.25) is 16.0 Å². The number of benzene rings is 1. The summed E-state index contributed by atoms with van der Waals surface area (Å²) in [6.07, 6.45) is 1.65. The van der Waals surface area contributed by atoms with Crippen molar-refractivity contribution in [2.24, 2.45) is 5.92 Å². The lowest BCUT2D eigenvalue weighted by atomic mass is 9.97. The first kappa shape index (κ1) is 19.7. The zero-order valence-corrected chi connectivity index (χ0v) is 17.6. The summed E-state index contributed by atoms with van der Waals surface area (Å²) in [5, 5.41) is 8.48. The molecule has 152 valence electrons. The van der Waals surface area contributed by atoms with E-state index in [-0.39, 0.29) is 17.4 Å². The predicted octanol–water partition coefficient (Wildman–Crippen LogP) is 2.98. The number of aryl methyl sites for hydroxylation is 1. The van der Waals surface area contributed by atoms with E-state index < -0.39 is 0 Å². The maximum Gasteiger partial charge on any atom is 0.275 e. The lowest BCUT2D eigenvalue weighted by Gasteiger charge is -2.31. The number of hydrogen-bond acceptors (Lipinski definition) is 7. The van der Waals surface area contributed by atoms with E-state index in [2.05, 4.69) is 15.4 Å². The molecule has 29 heavy (non-hydrogen) atoms. The van der Waals surface area contributed by atoms with Gasteiger partial charge in [-0.25, -0.2) is 4.98 Å². The third-order valence-electron chi connectivity index (χ3n) is 4.84. The maximum atomic E-state index is 12.8. The molecule has 3 heterocycles. The van der Waals surface area contributed by atoms with E-state index in [1.165, 1.54) is 21.9 Å². The first-order chi connectivity index (χ1) is 13.9. The number of piperidine rings is 1. The average Bonchev–Trinajstić information content (AvgIpc) is 3.13. The van der Waals surface area contributed by atoms with Crippen LogP contribution in [0.2, 0.25) is 5.02 Å². The number of carbonyl (C=O) groups excluding carboxylic acids is 1. The topological polar surface area (TPSA) is 88.8 Å². The van der Waals surface area contributed by atoms with Gasteiger partial charge in [0.25, 0.3) is 5.56 Å². The molecule has 3 aromatic rings. The molecule has 1 saturated heterocycles. The summed E-state index contributed by atoms with van der Waals surface area (Å²) < 4.78 is 6.45. The van der Waals surface area contributed by atoms with Crippen molar-refractivity contribution < 1.29 is 9.53 Å². The molecule has 4 rings (SSSR count). The molecule has 0 saturated carbocycles. The second-order valence-corrected chi connectivity index (χ2v) is 8.28. The van der Waals surface area contributed by atoms with Gasteiger partial charge in [0.05, 0.1) is 18.1 Å². The van der Waals surface area contributed by atoms with Gasteiger partial charge in [-0.3, -0.25) is 9.59 Å².